The van der Waals surface area contributed by atoms with Gasteiger partial charge in [0.2, 0.25) is 5.91 Å². The maximum Gasteiger partial charge on any atom is 0.407 e. The zero-order chi connectivity index (χ0) is 24.8. The number of ether oxygens (including phenoxy) is 1. The van der Waals surface area contributed by atoms with E-state index in [-0.39, 0.29) is 49.2 Å². The molecule has 0 radical (unpaired) electrons. The molecule has 2 aliphatic rings. The summed E-state index contributed by atoms with van der Waals surface area (Å²) in [6.07, 6.45) is 3.51. The normalized spacial score (nSPS) is 19.8. The highest BCUT2D eigenvalue weighted by atomic mass is 16.5. The first-order valence-corrected chi connectivity index (χ1v) is 12.5. The number of carboxylic acid groups (broad SMARTS) is 1. The zero-order valence-corrected chi connectivity index (χ0v) is 20.2. The fourth-order valence-electron chi connectivity index (χ4n) is 5.43. The number of hydrogen-bond acceptors (Lipinski definition) is 4. The zero-order valence-electron chi connectivity index (χ0n) is 20.2. The fraction of sp³-hybridized carbons (Fsp3) is 0.464. The van der Waals surface area contributed by atoms with Gasteiger partial charge in [0.05, 0.1) is 6.42 Å². The summed E-state index contributed by atoms with van der Waals surface area (Å²) >= 11 is 0. The molecular weight excluding hydrogens is 444 g/mol. The Bertz CT molecular complexity index is 1020. The van der Waals surface area contributed by atoms with Crippen LogP contribution in [-0.2, 0) is 14.3 Å². The van der Waals surface area contributed by atoms with Gasteiger partial charge in [-0.25, -0.2) is 4.79 Å². The number of rotatable bonds is 9. The molecule has 0 saturated heterocycles. The molecule has 1 saturated carbocycles. The number of alkyl carbamates (subject to hydrolysis) is 1. The van der Waals surface area contributed by atoms with Crippen LogP contribution in [0.1, 0.15) is 62.5 Å². The summed E-state index contributed by atoms with van der Waals surface area (Å²) in [5.74, 6) is -1.01. The molecule has 2 aromatic rings. The Hall–Kier alpha value is -3.35. The lowest BCUT2D eigenvalue weighted by molar-refractivity contribution is -0.139. The van der Waals surface area contributed by atoms with Crippen molar-refractivity contribution in [2.45, 2.75) is 57.4 Å². The first kappa shape index (κ1) is 24.8. The molecule has 7 heteroatoms. The standard InChI is InChI=1S/C28H34N2O5/c1-18(14-26(31)30-25-13-7-2-8-19(25)15-27(32)33)16-29-28(34)35-17-24-22-11-5-3-9-20(22)21-10-4-6-12-23(21)24/h3-6,9-12,18-19,24-25H,2,7-8,13-17H2,1H3,(H,29,34)(H,30,31)(H,32,33)/t18?,19-,25-/m1/s1. The quantitative estimate of drug-likeness (QED) is 0.485. The second-order valence-corrected chi connectivity index (χ2v) is 9.83. The van der Waals surface area contributed by atoms with Crippen molar-refractivity contribution in [1.82, 2.24) is 10.6 Å². The molecule has 0 aromatic heterocycles. The number of carbonyl (C=O) groups excluding carboxylic acids is 2. The Kier molecular flexibility index (Phi) is 8.06. The van der Waals surface area contributed by atoms with Crippen LogP contribution in [0.15, 0.2) is 48.5 Å². The number of amides is 2. The first-order chi connectivity index (χ1) is 16.9. The predicted molar refractivity (Wildman–Crippen MR) is 133 cm³/mol. The van der Waals surface area contributed by atoms with E-state index in [0.29, 0.717) is 6.54 Å². The van der Waals surface area contributed by atoms with Crippen LogP contribution in [0.2, 0.25) is 0 Å². The molecule has 0 spiro atoms. The van der Waals surface area contributed by atoms with E-state index in [1.165, 1.54) is 11.1 Å². The number of aliphatic carboxylic acids is 1. The molecule has 186 valence electrons. The summed E-state index contributed by atoms with van der Waals surface area (Å²) in [6, 6.07) is 16.3. The van der Waals surface area contributed by atoms with Gasteiger partial charge in [-0.1, -0.05) is 68.3 Å². The van der Waals surface area contributed by atoms with Crippen LogP contribution in [0.5, 0.6) is 0 Å². The van der Waals surface area contributed by atoms with E-state index in [4.69, 9.17) is 9.84 Å². The number of fused-ring (bicyclic) bond motifs is 3. The van der Waals surface area contributed by atoms with E-state index in [0.717, 1.165) is 36.8 Å². The third-order valence-electron chi connectivity index (χ3n) is 7.16. The molecule has 2 amide bonds. The number of benzene rings is 2. The Balaban J connectivity index is 1.22. The molecule has 2 aliphatic carbocycles. The van der Waals surface area contributed by atoms with Crippen molar-refractivity contribution in [2.75, 3.05) is 13.2 Å². The van der Waals surface area contributed by atoms with E-state index in [1.807, 2.05) is 31.2 Å². The summed E-state index contributed by atoms with van der Waals surface area (Å²) in [5.41, 5.74) is 4.69. The van der Waals surface area contributed by atoms with E-state index in [2.05, 4.69) is 34.9 Å². The van der Waals surface area contributed by atoms with Crippen molar-refractivity contribution in [2.24, 2.45) is 11.8 Å². The average Bonchev–Trinajstić information content (AvgIpc) is 3.16. The van der Waals surface area contributed by atoms with Crippen LogP contribution in [0, 0.1) is 11.8 Å². The van der Waals surface area contributed by atoms with Crippen LogP contribution < -0.4 is 10.6 Å². The van der Waals surface area contributed by atoms with Gasteiger partial charge in [-0.15, -0.1) is 0 Å². The van der Waals surface area contributed by atoms with Crippen LogP contribution in [-0.4, -0.2) is 42.3 Å². The van der Waals surface area contributed by atoms with Crippen LogP contribution >= 0.6 is 0 Å². The van der Waals surface area contributed by atoms with Gasteiger partial charge in [0, 0.05) is 24.9 Å². The molecular formula is C28H34N2O5. The second-order valence-electron chi connectivity index (χ2n) is 9.83. The van der Waals surface area contributed by atoms with Gasteiger partial charge in [0.25, 0.3) is 0 Å². The molecule has 7 nitrogen and oxygen atoms in total. The van der Waals surface area contributed by atoms with Crippen molar-refractivity contribution in [3.63, 3.8) is 0 Å². The Morgan fingerprint density at radius 3 is 2.29 bits per heavy atom. The van der Waals surface area contributed by atoms with Gasteiger partial charge in [-0.2, -0.15) is 0 Å². The summed E-state index contributed by atoms with van der Waals surface area (Å²) < 4.78 is 5.56. The van der Waals surface area contributed by atoms with Gasteiger partial charge in [0.1, 0.15) is 6.61 Å². The van der Waals surface area contributed by atoms with E-state index < -0.39 is 12.1 Å². The first-order valence-electron chi connectivity index (χ1n) is 12.5. The largest absolute Gasteiger partial charge is 0.481 e. The highest BCUT2D eigenvalue weighted by Crippen LogP contribution is 2.44. The molecule has 1 fully saturated rings. The van der Waals surface area contributed by atoms with Crippen LogP contribution in [0.3, 0.4) is 0 Å². The number of hydrogen-bond donors (Lipinski definition) is 3. The summed E-state index contributed by atoms with van der Waals surface area (Å²) in [5, 5.41) is 14.9. The smallest absolute Gasteiger partial charge is 0.407 e. The Morgan fingerprint density at radius 2 is 1.63 bits per heavy atom. The lowest BCUT2D eigenvalue weighted by Crippen LogP contribution is -2.43. The molecule has 2 aromatic carbocycles. The van der Waals surface area contributed by atoms with Crippen molar-refractivity contribution in [3.8, 4) is 11.1 Å². The van der Waals surface area contributed by atoms with Crippen molar-refractivity contribution in [1.29, 1.82) is 0 Å². The molecule has 0 aliphatic heterocycles. The highest BCUT2D eigenvalue weighted by molar-refractivity contribution is 5.79. The molecule has 0 bridgehead atoms. The molecule has 3 N–H and O–H groups in total. The minimum atomic E-state index is -0.822. The van der Waals surface area contributed by atoms with Crippen molar-refractivity contribution >= 4 is 18.0 Å². The van der Waals surface area contributed by atoms with E-state index >= 15 is 0 Å². The molecule has 4 rings (SSSR count). The molecule has 1 unspecified atom stereocenters. The summed E-state index contributed by atoms with van der Waals surface area (Å²) in [6.45, 7) is 2.48. The van der Waals surface area contributed by atoms with Gasteiger partial charge in [0.15, 0.2) is 0 Å². The van der Waals surface area contributed by atoms with Crippen molar-refractivity contribution < 1.29 is 24.2 Å². The Morgan fingerprint density at radius 1 is 1.00 bits per heavy atom. The fourth-order valence-corrected chi connectivity index (χ4v) is 5.43. The Labute approximate surface area is 206 Å². The average molecular weight is 479 g/mol. The van der Waals surface area contributed by atoms with Crippen LogP contribution in [0.25, 0.3) is 11.1 Å². The highest BCUT2D eigenvalue weighted by Gasteiger charge is 2.30. The number of nitrogens with one attached hydrogen (secondary N) is 2. The topological polar surface area (TPSA) is 105 Å². The predicted octanol–water partition coefficient (Wildman–Crippen LogP) is 4.70. The molecule has 35 heavy (non-hydrogen) atoms. The SMILES string of the molecule is CC(CNC(=O)OCC1c2ccccc2-c2ccccc21)CC(=O)N[C@@H]1CCCC[C@@H]1CC(=O)O. The third-order valence-corrected chi connectivity index (χ3v) is 7.16. The van der Waals surface area contributed by atoms with Crippen molar-refractivity contribution in [3.05, 3.63) is 59.7 Å². The minimum Gasteiger partial charge on any atom is -0.481 e. The maximum atomic E-state index is 12.5. The minimum absolute atomic E-state index is 0.00518. The van der Waals surface area contributed by atoms with Gasteiger partial charge in [-0.05, 0) is 46.9 Å². The maximum absolute atomic E-state index is 12.5. The van der Waals surface area contributed by atoms with E-state index in [9.17, 15) is 14.4 Å². The van der Waals surface area contributed by atoms with Gasteiger partial charge >= 0.3 is 12.1 Å². The number of carbonyl (C=O) groups is 3. The molecule has 0 heterocycles. The lowest BCUT2D eigenvalue weighted by Gasteiger charge is -2.31. The summed E-state index contributed by atoms with van der Waals surface area (Å²) in [7, 11) is 0. The summed E-state index contributed by atoms with van der Waals surface area (Å²) in [4.78, 5) is 36.0. The second kappa shape index (κ2) is 11.4. The monoisotopic (exact) mass is 478 g/mol. The van der Waals surface area contributed by atoms with Crippen LogP contribution in [0.4, 0.5) is 4.79 Å². The van der Waals surface area contributed by atoms with Gasteiger partial charge in [-0.3, -0.25) is 9.59 Å². The van der Waals surface area contributed by atoms with E-state index in [1.54, 1.807) is 0 Å². The molecule has 3 atom stereocenters. The number of carboxylic acids is 1. The van der Waals surface area contributed by atoms with Gasteiger partial charge < -0.3 is 20.5 Å². The third kappa shape index (κ3) is 6.21. The lowest BCUT2D eigenvalue weighted by atomic mass is 9.82.